The van der Waals surface area contributed by atoms with Gasteiger partial charge in [-0.2, -0.15) is 11.8 Å². The first-order chi connectivity index (χ1) is 8.90. The summed E-state index contributed by atoms with van der Waals surface area (Å²) in [7, 11) is 1.22. The summed E-state index contributed by atoms with van der Waals surface area (Å²) in [6.45, 7) is 2.38. The molecule has 0 bridgehead atoms. The van der Waals surface area contributed by atoms with Gasteiger partial charge in [0.05, 0.1) is 7.11 Å². The topological polar surface area (TPSA) is 105 Å². The molecule has 8 heteroatoms. The van der Waals surface area contributed by atoms with Crippen molar-refractivity contribution in [3.05, 3.63) is 0 Å². The van der Waals surface area contributed by atoms with E-state index in [4.69, 9.17) is 5.11 Å². The lowest BCUT2D eigenvalue weighted by molar-refractivity contribution is -0.142. The summed E-state index contributed by atoms with van der Waals surface area (Å²) >= 11 is 1.59. The summed E-state index contributed by atoms with van der Waals surface area (Å²) in [5, 5.41) is 14.1. The molecule has 0 aliphatic rings. The molecule has 7 nitrogen and oxygen atoms in total. The molecule has 0 radical (unpaired) electrons. The number of nitrogens with one attached hydrogen (secondary N) is 2. The van der Waals surface area contributed by atoms with Crippen molar-refractivity contribution in [1.82, 2.24) is 10.6 Å². The van der Waals surface area contributed by atoms with Crippen molar-refractivity contribution < 1.29 is 24.2 Å². The summed E-state index contributed by atoms with van der Waals surface area (Å²) in [6, 6.07) is -1.66. The predicted octanol–water partition coefficient (Wildman–Crippen LogP) is 0.444. The van der Waals surface area contributed by atoms with Gasteiger partial charge in [-0.3, -0.25) is 4.79 Å². The van der Waals surface area contributed by atoms with Crippen LogP contribution >= 0.6 is 11.8 Å². The molecular formula is C11H20N2O5S. The predicted molar refractivity (Wildman–Crippen MR) is 72.2 cm³/mol. The number of rotatable bonds is 8. The molecule has 0 fully saturated rings. The molecule has 19 heavy (non-hydrogen) atoms. The van der Waals surface area contributed by atoms with Gasteiger partial charge in [-0.15, -0.1) is 0 Å². The van der Waals surface area contributed by atoms with Gasteiger partial charge >= 0.3 is 18.0 Å². The molecule has 0 aromatic carbocycles. The Morgan fingerprint density at radius 2 is 2.00 bits per heavy atom. The van der Waals surface area contributed by atoms with Gasteiger partial charge in [0.15, 0.2) is 0 Å². The van der Waals surface area contributed by atoms with Crippen LogP contribution in [0, 0.1) is 0 Å². The van der Waals surface area contributed by atoms with Crippen molar-refractivity contribution in [3.63, 3.8) is 0 Å². The maximum absolute atomic E-state index is 11.5. The molecule has 3 N–H and O–H groups in total. The Morgan fingerprint density at radius 1 is 1.37 bits per heavy atom. The lowest BCUT2D eigenvalue weighted by Crippen LogP contribution is -2.47. The minimum absolute atomic E-state index is 0.00644. The van der Waals surface area contributed by atoms with E-state index in [1.54, 1.807) is 11.8 Å². The second kappa shape index (κ2) is 9.48. The number of thioether (sulfide) groups is 1. The van der Waals surface area contributed by atoms with Gasteiger partial charge in [-0.25, -0.2) is 9.59 Å². The molecule has 0 aromatic heterocycles. The number of aliphatic carboxylic acids is 1. The standard InChI is InChI=1S/C11H20N2O5S/c1-7(19-3)6-12-11(17)13-8(10(15)16)4-5-9(14)18-2/h7-8H,4-6H2,1-3H3,(H,15,16)(H2,12,13,17)/t7?,8-/m0/s1. The zero-order chi connectivity index (χ0) is 14.8. The summed E-state index contributed by atoms with van der Waals surface area (Å²) < 4.78 is 4.42. The molecule has 0 aliphatic heterocycles. The third-order valence-corrected chi connectivity index (χ3v) is 3.39. The SMILES string of the molecule is COC(=O)CC[C@H](NC(=O)NCC(C)SC)C(=O)O. The van der Waals surface area contributed by atoms with Crippen LogP contribution in [-0.4, -0.2) is 54.3 Å². The molecule has 0 saturated carbocycles. The zero-order valence-corrected chi connectivity index (χ0v) is 12.1. The quantitative estimate of drug-likeness (QED) is 0.561. The zero-order valence-electron chi connectivity index (χ0n) is 11.3. The Labute approximate surface area is 116 Å². The van der Waals surface area contributed by atoms with Crippen LogP contribution in [0.2, 0.25) is 0 Å². The highest BCUT2D eigenvalue weighted by molar-refractivity contribution is 7.99. The Kier molecular flexibility index (Phi) is 8.77. The molecule has 0 heterocycles. The van der Waals surface area contributed by atoms with Gasteiger partial charge in [-0.05, 0) is 12.7 Å². The van der Waals surface area contributed by atoms with Gasteiger partial charge in [0, 0.05) is 18.2 Å². The van der Waals surface area contributed by atoms with E-state index < -0.39 is 24.0 Å². The summed E-state index contributed by atoms with van der Waals surface area (Å²) in [6.07, 6.45) is 1.85. The Morgan fingerprint density at radius 3 is 2.47 bits per heavy atom. The Hall–Kier alpha value is -1.44. The molecule has 0 aliphatic carbocycles. The molecule has 2 amide bonds. The van der Waals surface area contributed by atoms with Crippen molar-refractivity contribution >= 4 is 29.7 Å². The lowest BCUT2D eigenvalue weighted by Gasteiger charge is -2.16. The molecule has 2 atom stereocenters. The Balaban J connectivity index is 4.15. The number of carbonyl (C=O) groups excluding carboxylic acids is 2. The monoisotopic (exact) mass is 292 g/mol. The maximum atomic E-state index is 11.5. The number of methoxy groups -OCH3 is 1. The summed E-state index contributed by atoms with van der Waals surface area (Å²) in [4.78, 5) is 33.3. The van der Waals surface area contributed by atoms with E-state index in [1.807, 2.05) is 13.2 Å². The van der Waals surface area contributed by atoms with E-state index in [0.717, 1.165) is 0 Å². The molecule has 110 valence electrons. The molecular weight excluding hydrogens is 272 g/mol. The van der Waals surface area contributed by atoms with Crippen LogP contribution in [-0.2, 0) is 14.3 Å². The molecule has 0 rings (SSSR count). The summed E-state index contributed by atoms with van der Waals surface area (Å²) in [5.41, 5.74) is 0. The van der Waals surface area contributed by atoms with Crippen LogP contribution in [0.4, 0.5) is 4.79 Å². The van der Waals surface area contributed by atoms with E-state index in [1.165, 1.54) is 7.11 Å². The van der Waals surface area contributed by atoms with Crippen molar-refractivity contribution in [2.24, 2.45) is 0 Å². The van der Waals surface area contributed by atoms with Crippen molar-refractivity contribution in [3.8, 4) is 0 Å². The van der Waals surface area contributed by atoms with E-state index in [2.05, 4.69) is 15.4 Å². The molecule has 0 aromatic rings. The van der Waals surface area contributed by atoms with Crippen LogP contribution in [0.3, 0.4) is 0 Å². The minimum atomic E-state index is -1.18. The number of carbonyl (C=O) groups is 3. The number of esters is 1. The third kappa shape index (κ3) is 8.30. The largest absolute Gasteiger partial charge is 0.480 e. The number of carboxylic acids is 1. The average Bonchev–Trinajstić information content (AvgIpc) is 2.39. The Bertz CT molecular complexity index is 324. The number of urea groups is 1. The second-order valence-electron chi connectivity index (χ2n) is 3.91. The number of ether oxygens (including phenoxy) is 1. The van der Waals surface area contributed by atoms with Gasteiger partial charge in [0.1, 0.15) is 6.04 Å². The fraction of sp³-hybridized carbons (Fsp3) is 0.727. The van der Waals surface area contributed by atoms with Gasteiger partial charge < -0.3 is 20.5 Å². The highest BCUT2D eigenvalue weighted by atomic mass is 32.2. The number of carboxylic acid groups (broad SMARTS) is 1. The van der Waals surface area contributed by atoms with Gasteiger partial charge in [0.25, 0.3) is 0 Å². The van der Waals surface area contributed by atoms with Crippen LogP contribution < -0.4 is 10.6 Å². The van der Waals surface area contributed by atoms with E-state index in [-0.39, 0.29) is 18.1 Å². The average molecular weight is 292 g/mol. The van der Waals surface area contributed by atoms with Crippen molar-refractivity contribution in [2.45, 2.75) is 31.1 Å². The molecule has 1 unspecified atom stereocenters. The van der Waals surface area contributed by atoms with Gasteiger partial charge in [-0.1, -0.05) is 6.92 Å². The van der Waals surface area contributed by atoms with Crippen LogP contribution in [0.5, 0.6) is 0 Å². The van der Waals surface area contributed by atoms with E-state index in [0.29, 0.717) is 6.54 Å². The van der Waals surface area contributed by atoms with Crippen molar-refractivity contribution in [1.29, 1.82) is 0 Å². The van der Waals surface area contributed by atoms with Gasteiger partial charge in [0.2, 0.25) is 0 Å². The normalized spacial score (nSPS) is 13.2. The highest BCUT2D eigenvalue weighted by Crippen LogP contribution is 2.03. The number of amides is 2. The second-order valence-corrected chi connectivity index (χ2v) is 5.18. The van der Waals surface area contributed by atoms with E-state index >= 15 is 0 Å². The van der Waals surface area contributed by atoms with Crippen LogP contribution in [0.25, 0.3) is 0 Å². The minimum Gasteiger partial charge on any atom is -0.480 e. The third-order valence-electron chi connectivity index (χ3n) is 2.42. The smallest absolute Gasteiger partial charge is 0.326 e. The first-order valence-electron chi connectivity index (χ1n) is 5.77. The van der Waals surface area contributed by atoms with E-state index in [9.17, 15) is 14.4 Å². The summed E-state index contributed by atoms with van der Waals surface area (Å²) in [5.74, 6) is -1.69. The number of hydrogen-bond acceptors (Lipinski definition) is 5. The fourth-order valence-corrected chi connectivity index (χ4v) is 1.40. The molecule has 0 saturated heterocycles. The highest BCUT2D eigenvalue weighted by Gasteiger charge is 2.21. The lowest BCUT2D eigenvalue weighted by atomic mass is 10.1. The first-order valence-corrected chi connectivity index (χ1v) is 7.06. The first kappa shape index (κ1) is 17.6. The maximum Gasteiger partial charge on any atom is 0.326 e. The van der Waals surface area contributed by atoms with Crippen LogP contribution in [0.15, 0.2) is 0 Å². The van der Waals surface area contributed by atoms with Crippen molar-refractivity contribution in [2.75, 3.05) is 19.9 Å². The fourth-order valence-electron chi connectivity index (χ4n) is 1.15. The van der Waals surface area contributed by atoms with Crippen LogP contribution in [0.1, 0.15) is 19.8 Å². The number of hydrogen-bond donors (Lipinski definition) is 3. The molecule has 0 spiro atoms.